The van der Waals surface area contributed by atoms with E-state index in [1.807, 2.05) is 0 Å². The summed E-state index contributed by atoms with van der Waals surface area (Å²) in [5.41, 5.74) is 2.58. The molecule has 0 spiro atoms. The molecule has 0 saturated carbocycles. The van der Waals surface area contributed by atoms with E-state index in [2.05, 4.69) is 15.7 Å². The maximum Gasteiger partial charge on any atom is 0.296 e. The van der Waals surface area contributed by atoms with Gasteiger partial charge in [0, 0.05) is 30.0 Å². The molecule has 0 fully saturated rings. The molecule has 0 atom stereocenters. The fourth-order valence-corrected chi connectivity index (χ4v) is 2.33. The topological polar surface area (TPSA) is 93.1 Å². The van der Waals surface area contributed by atoms with Crippen molar-refractivity contribution in [2.24, 2.45) is 13.0 Å². The molecule has 0 aliphatic carbocycles. The number of amides is 2. The number of benzene rings is 1. The summed E-state index contributed by atoms with van der Waals surface area (Å²) in [4.78, 5) is 36.2. The summed E-state index contributed by atoms with van der Waals surface area (Å²) < 4.78 is 1.57. The van der Waals surface area contributed by atoms with Gasteiger partial charge in [0.15, 0.2) is 0 Å². The lowest BCUT2D eigenvalue weighted by Gasteiger charge is -2.09. The number of ketones is 1. The average molecular weight is 342 g/mol. The molecule has 1 aromatic heterocycles. The van der Waals surface area contributed by atoms with Gasteiger partial charge in [0.1, 0.15) is 0 Å². The monoisotopic (exact) mass is 342 g/mol. The number of carbonyl (C=O) groups excluding carboxylic acids is 3. The summed E-state index contributed by atoms with van der Waals surface area (Å²) in [6.07, 6.45) is 0. The maximum atomic E-state index is 12.4. The fraction of sp³-hybridized carbons (Fsp3) is 0.333. The minimum Gasteiger partial charge on any atom is -0.326 e. The summed E-state index contributed by atoms with van der Waals surface area (Å²) in [5.74, 6) is -1.56. The van der Waals surface area contributed by atoms with Gasteiger partial charge < -0.3 is 10.6 Å². The molecule has 2 rings (SSSR count). The first-order valence-corrected chi connectivity index (χ1v) is 7.97. The highest BCUT2D eigenvalue weighted by Gasteiger charge is 2.23. The van der Waals surface area contributed by atoms with Crippen molar-refractivity contribution in [1.82, 2.24) is 9.78 Å². The van der Waals surface area contributed by atoms with Crippen LogP contribution in [0.4, 0.5) is 11.4 Å². The van der Waals surface area contributed by atoms with Crippen LogP contribution in [-0.4, -0.2) is 27.4 Å². The van der Waals surface area contributed by atoms with Gasteiger partial charge >= 0.3 is 0 Å². The van der Waals surface area contributed by atoms with Gasteiger partial charge in [0.25, 0.3) is 11.7 Å². The number of hydrogen-bond donors (Lipinski definition) is 2. The summed E-state index contributed by atoms with van der Waals surface area (Å²) in [7, 11) is 1.72. The molecule has 1 heterocycles. The van der Waals surface area contributed by atoms with Gasteiger partial charge in [-0.05, 0) is 38.1 Å². The van der Waals surface area contributed by atoms with Crippen LogP contribution in [0.3, 0.4) is 0 Å². The summed E-state index contributed by atoms with van der Waals surface area (Å²) in [6.45, 7) is 7.04. The van der Waals surface area contributed by atoms with E-state index in [0.717, 1.165) is 0 Å². The van der Waals surface area contributed by atoms with Gasteiger partial charge in [-0.3, -0.25) is 19.1 Å². The van der Waals surface area contributed by atoms with Crippen molar-refractivity contribution < 1.29 is 14.4 Å². The molecule has 0 bridgehead atoms. The minimum absolute atomic E-state index is 0.0884. The van der Waals surface area contributed by atoms with E-state index in [4.69, 9.17) is 0 Å². The van der Waals surface area contributed by atoms with Crippen LogP contribution in [0.5, 0.6) is 0 Å². The zero-order chi connectivity index (χ0) is 18.7. The Morgan fingerprint density at radius 2 is 1.52 bits per heavy atom. The van der Waals surface area contributed by atoms with E-state index >= 15 is 0 Å². The van der Waals surface area contributed by atoms with Crippen molar-refractivity contribution in [3.8, 4) is 0 Å². The number of nitrogens with zero attached hydrogens (tertiary/aromatic N) is 2. The molecule has 7 heteroatoms. The Balaban J connectivity index is 2.08. The Bertz CT molecular complexity index is 820. The van der Waals surface area contributed by atoms with Crippen molar-refractivity contribution >= 4 is 29.0 Å². The Morgan fingerprint density at radius 1 is 1.00 bits per heavy atom. The predicted octanol–water partition coefficient (Wildman–Crippen LogP) is 2.45. The van der Waals surface area contributed by atoms with Crippen molar-refractivity contribution in [2.75, 3.05) is 10.6 Å². The zero-order valence-corrected chi connectivity index (χ0v) is 15.0. The number of hydrogen-bond acceptors (Lipinski definition) is 4. The second kappa shape index (κ2) is 7.29. The first-order chi connectivity index (χ1) is 11.7. The highest BCUT2D eigenvalue weighted by molar-refractivity contribution is 6.47. The second-order valence-electron chi connectivity index (χ2n) is 6.17. The first kappa shape index (κ1) is 18.4. The van der Waals surface area contributed by atoms with Gasteiger partial charge in [-0.1, -0.05) is 13.8 Å². The Labute approximate surface area is 146 Å². The minimum atomic E-state index is -0.724. The highest BCUT2D eigenvalue weighted by Crippen LogP contribution is 2.17. The Kier molecular flexibility index (Phi) is 5.36. The number of Topliss-reactive ketones (excluding diaryl/α,β-unsaturated/α-hetero) is 1. The number of rotatable bonds is 5. The quantitative estimate of drug-likeness (QED) is 0.645. The lowest BCUT2D eigenvalue weighted by atomic mass is 10.1. The van der Waals surface area contributed by atoms with Crippen LogP contribution in [0.1, 0.15) is 35.6 Å². The largest absolute Gasteiger partial charge is 0.326 e. The van der Waals surface area contributed by atoms with Gasteiger partial charge in [-0.25, -0.2) is 0 Å². The number of anilines is 2. The molecule has 0 saturated heterocycles. The SMILES string of the molecule is Cc1nn(C)c(C)c1C(=O)C(=O)Nc1ccc(NC(=O)C(C)C)cc1. The van der Waals surface area contributed by atoms with Crippen LogP contribution < -0.4 is 10.6 Å². The van der Waals surface area contributed by atoms with Gasteiger partial charge in [0.05, 0.1) is 11.3 Å². The molecule has 2 aromatic rings. The summed E-state index contributed by atoms with van der Waals surface area (Å²) in [6, 6.07) is 6.59. The molecule has 1 aromatic carbocycles. The number of aryl methyl sites for hydroxylation is 2. The van der Waals surface area contributed by atoms with E-state index < -0.39 is 11.7 Å². The third-order valence-corrected chi connectivity index (χ3v) is 3.88. The Morgan fingerprint density at radius 3 is 1.96 bits per heavy atom. The van der Waals surface area contributed by atoms with E-state index in [0.29, 0.717) is 28.3 Å². The molecular weight excluding hydrogens is 320 g/mol. The van der Waals surface area contributed by atoms with Crippen LogP contribution in [0, 0.1) is 19.8 Å². The van der Waals surface area contributed by atoms with Crippen LogP contribution in [0.25, 0.3) is 0 Å². The number of carbonyl (C=O) groups is 3. The number of nitrogens with one attached hydrogen (secondary N) is 2. The standard InChI is InChI=1S/C18H22N4O3/c1-10(2)17(24)19-13-6-8-14(9-7-13)20-18(25)16(23)15-11(3)21-22(5)12(15)4/h6-10H,1-5H3,(H,19,24)(H,20,25). The van der Waals surface area contributed by atoms with E-state index in [-0.39, 0.29) is 11.8 Å². The van der Waals surface area contributed by atoms with Crippen LogP contribution >= 0.6 is 0 Å². The van der Waals surface area contributed by atoms with Gasteiger partial charge in [-0.2, -0.15) is 5.10 Å². The highest BCUT2D eigenvalue weighted by atomic mass is 16.2. The van der Waals surface area contributed by atoms with E-state index in [9.17, 15) is 14.4 Å². The van der Waals surface area contributed by atoms with E-state index in [1.54, 1.807) is 63.7 Å². The smallest absolute Gasteiger partial charge is 0.296 e. The third kappa shape index (κ3) is 4.12. The van der Waals surface area contributed by atoms with Crippen LogP contribution in [0.2, 0.25) is 0 Å². The van der Waals surface area contributed by atoms with Crippen LogP contribution in [-0.2, 0) is 16.6 Å². The zero-order valence-electron chi connectivity index (χ0n) is 15.0. The molecule has 7 nitrogen and oxygen atoms in total. The summed E-state index contributed by atoms with van der Waals surface area (Å²) >= 11 is 0. The fourth-order valence-electron chi connectivity index (χ4n) is 2.33. The first-order valence-electron chi connectivity index (χ1n) is 7.97. The molecule has 0 aliphatic heterocycles. The average Bonchev–Trinajstić information content (AvgIpc) is 2.81. The lowest BCUT2D eigenvalue weighted by Crippen LogP contribution is -2.24. The van der Waals surface area contributed by atoms with Crippen molar-refractivity contribution in [2.45, 2.75) is 27.7 Å². The van der Waals surface area contributed by atoms with Gasteiger partial charge in [-0.15, -0.1) is 0 Å². The molecule has 132 valence electrons. The molecule has 0 unspecified atom stereocenters. The molecule has 2 amide bonds. The van der Waals surface area contributed by atoms with Crippen molar-refractivity contribution in [3.63, 3.8) is 0 Å². The van der Waals surface area contributed by atoms with E-state index in [1.165, 1.54) is 0 Å². The van der Waals surface area contributed by atoms with Crippen molar-refractivity contribution in [3.05, 3.63) is 41.2 Å². The van der Waals surface area contributed by atoms with Crippen LogP contribution in [0.15, 0.2) is 24.3 Å². The van der Waals surface area contributed by atoms with Crippen molar-refractivity contribution in [1.29, 1.82) is 0 Å². The molecule has 0 aliphatic rings. The summed E-state index contributed by atoms with van der Waals surface area (Å²) in [5, 5.41) is 9.48. The second-order valence-corrected chi connectivity index (χ2v) is 6.17. The molecular formula is C18H22N4O3. The Hall–Kier alpha value is -2.96. The normalized spacial score (nSPS) is 10.6. The third-order valence-electron chi connectivity index (χ3n) is 3.88. The molecule has 0 radical (unpaired) electrons. The van der Waals surface area contributed by atoms with Gasteiger partial charge in [0.2, 0.25) is 5.91 Å². The molecule has 2 N–H and O–H groups in total. The predicted molar refractivity (Wildman–Crippen MR) is 95.6 cm³/mol. The maximum absolute atomic E-state index is 12.4. The number of aromatic nitrogens is 2. The molecule has 25 heavy (non-hydrogen) atoms. The lowest BCUT2D eigenvalue weighted by molar-refractivity contribution is -0.119.